The number of hydrogen-bond donors (Lipinski definition) is 1. The SMILES string of the molecule is CCOC(=O)C1(C(=O)OCC)N[C@H]2c3cc(Cl)ccc3OC(=O)[C@H]2[C@@H]1c1ccccc1. The number of esters is 3. The van der Waals surface area contributed by atoms with Gasteiger partial charge in [-0.15, -0.1) is 0 Å². The largest absolute Gasteiger partial charge is 0.464 e. The molecule has 0 radical (unpaired) electrons. The molecule has 0 bridgehead atoms. The van der Waals surface area contributed by atoms with Gasteiger partial charge < -0.3 is 14.2 Å². The Morgan fingerprint density at radius 2 is 1.71 bits per heavy atom. The van der Waals surface area contributed by atoms with Crippen molar-refractivity contribution in [2.45, 2.75) is 31.3 Å². The Labute approximate surface area is 184 Å². The minimum Gasteiger partial charge on any atom is -0.464 e. The van der Waals surface area contributed by atoms with E-state index in [0.29, 0.717) is 21.9 Å². The summed E-state index contributed by atoms with van der Waals surface area (Å²) in [5.74, 6) is -3.59. The van der Waals surface area contributed by atoms with E-state index in [0.717, 1.165) is 0 Å². The summed E-state index contributed by atoms with van der Waals surface area (Å²) >= 11 is 6.20. The van der Waals surface area contributed by atoms with E-state index in [4.69, 9.17) is 25.8 Å². The Kier molecular flexibility index (Phi) is 5.73. The molecule has 31 heavy (non-hydrogen) atoms. The van der Waals surface area contributed by atoms with Crippen molar-refractivity contribution in [3.8, 4) is 5.75 Å². The molecule has 2 aliphatic rings. The van der Waals surface area contributed by atoms with Gasteiger partial charge in [-0.25, -0.2) is 9.59 Å². The molecule has 162 valence electrons. The quantitative estimate of drug-likeness (QED) is 0.431. The van der Waals surface area contributed by atoms with E-state index in [2.05, 4.69) is 5.32 Å². The number of ether oxygens (including phenoxy) is 3. The van der Waals surface area contributed by atoms with Crippen LogP contribution in [0.4, 0.5) is 0 Å². The topological polar surface area (TPSA) is 90.9 Å². The Hall–Kier alpha value is -2.90. The van der Waals surface area contributed by atoms with Crippen molar-refractivity contribution in [1.82, 2.24) is 5.32 Å². The van der Waals surface area contributed by atoms with Gasteiger partial charge in [-0.2, -0.15) is 0 Å². The number of benzene rings is 2. The van der Waals surface area contributed by atoms with Crippen molar-refractivity contribution >= 4 is 29.5 Å². The van der Waals surface area contributed by atoms with Gasteiger partial charge in [0.25, 0.3) is 0 Å². The molecule has 2 aromatic carbocycles. The number of nitrogens with one attached hydrogen (secondary N) is 1. The highest BCUT2D eigenvalue weighted by Crippen LogP contribution is 2.54. The van der Waals surface area contributed by atoms with Gasteiger partial charge in [0, 0.05) is 16.5 Å². The van der Waals surface area contributed by atoms with Crippen molar-refractivity contribution in [1.29, 1.82) is 0 Å². The van der Waals surface area contributed by atoms with Crippen LogP contribution in [-0.2, 0) is 23.9 Å². The second kappa shape index (κ2) is 8.32. The molecule has 0 spiro atoms. The van der Waals surface area contributed by atoms with E-state index in [1.165, 1.54) is 0 Å². The molecular weight excluding hydrogens is 422 g/mol. The van der Waals surface area contributed by atoms with E-state index >= 15 is 0 Å². The van der Waals surface area contributed by atoms with Crippen molar-refractivity contribution in [3.05, 3.63) is 64.7 Å². The second-order valence-electron chi connectivity index (χ2n) is 7.39. The lowest BCUT2D eigenvalue weighted by molar-refractivity contribution is -0.166. The maximum Gasteiger partial charge on any atom is 0.338 e. The van der Waals surface area contributed by atoms with Crippen LogP contribution in [-0.4, -0.2) is 36.7 Å². The first-order valence-electron chi connectivity index (χ1n) is 10.1. The molecule has 1 N–H and O–H groups in total. The zero-order valence-electron chi connectivity index (χ0n) is 17.1. The molecular formula is C23H22ClNO6. The van der Waals surface area contributed by atoms with Crippen LogP contribution in [0.1, 0.15) is 36.9 Å². The number of carbonyl (C=O) groups excluding carboxylic acids is 3. The fraction of sp³-hybridized carbons (Fsp3) is 0.348. The Morgan fingerprint density at radius 1 is 1.06 bits per heavy atom. The lowest BCUT2D eigenvalue weighted by atomic mass is 9.73. The fourth-order valence-corrected chi connectivity index (χ4v) is 4.70. The van der Waals surface area contributed by atoms with E-state index < -0.39 is 41.3 Å². The third-order valence-corrected chi connectivity index (χ3v) is 5.95. The lowest BCUT2D eigenvalue weighted by Crippen LogP contribution is -2.59. The standard InChI is InChI=1S/C23H22ClNO6/c1-3-29-21(27)23(22(28)30-4-2)18(13-8-6-5-7-9-13)17-19(25-23)15-12-14(24)10-11-16(15)31-20(17)26/h5-12,17-19,25H,3-4H2,1-2H3/t17-,18-,19-/m0/s1. The Morgan fingerprint density at radius 3 is 2.32 bits per heavy atom. The summed E-state index contributed by atoms with van der Waals surface area (Å²) < 4.78 is 16.2. The van der Waals surface area contributed by atoms with E-state index in [-0.39, 0.29) is 13.2 Å². The molecule has 0 aromatic heterocycles. The molecule has 0 saturated carbocycles. The molecule has 2 aromatic rings. The van der Waals surface area contributed by atoms with Gasteiger partial charge in [0.1, 0.15) is 5.75 Å². The molecule has 0 amide bonds. The average molecular weight is 444 g/mol. The van der Waals surface area contributed by atoms with Crippen LogP contribution in [0, 0.1) is 5.92 Å². The molecule has 0 aliphatic carbocycles. The van der Waals surface area contributed by atoms with E-state index in [1.54, 1.807) is 56.3 Å². The fourth-order valence-electron chi connectivity index (χ4n) is 4.52. The van der Waals surface area contributed by atoms with E-state index in [1.807, 2.05) is 6.07 Å². The lowest BCUT2D eigenvalue weighted by Gasteiger charge is -2.32. The van der Waals surface area contributed by atoms with Crippen LogP contribution in [0.25, 0.3) is 0 Å². The minimum absolute atomic E-state index is 0.0609. The summed E-state index contributed by atoms with van der Waals surface area (Å²) in [6.45, 7) is 3.43. The molecule has 8 heteroatoms. The van der Waals surface area contributed by atoms with Crippen molar-refractivity contribution in [2.24, 2.45) is 5.92 Å². The Bertz CT molecular complexity index is 1010. The van der Waals surface area contributed by atoms with Gasteiger partial charge in [-0.05, 0) is 37.6 Å². The first-order valence-corrected chi connectivity index (χ1v) is 10.5. The molecule has 2 aliphatic heterocycles. The molecule has 0 unspecified atom stereocenters. The highest BCUT2D eigenvalue weighted by molar-refractivity contribution is 6.30. The maximum absolute atomic E-state index is 13.3. The summed E-state index contributed by atoms with van der Waals surface area (Å²) in [5.41, 5.74) is -0.717. The average Bonchev–Trinajstić information content (AvgIpc) is 3.14. The predicted molar refractivity (Wildman–Crippen MR) is 112 cm³/mol. The van der Waals surface area contributed by atoms with Gasteiger partial charge >= 0.3 is 17.9 Å². The minimum atomic E-state index is -1.92. The van der Waals surface area contributed by atoms with Crippen molar-refractivity contribution in [2.75, 3.05) is 13.2 Å². The highest BCUT2D eigenvalue weighted by atomic mass is 35.5. The summed E-state index contributed by atoms with van der Waals surface area (Å²) in [5, 5.41) is 3.57. The van der Waals surface area contributed by atoms with Crippen LogP contribution in [0.15, 0.2) is 48.5 Å². The van der Waals surface area contributed by atoms with Crippen LogP contribution in [0.5, 0.6) is 5.75 Å². The predicted octanol–water partition coefficient (Wildman–Crippen LogP) is 3.17. The maximum atomic E-state index is 13.3. The third kappa shape index (κ3) is 3.38. The zero-order valence-corrected chi connectivity index (χ0v) is 17.8. The normalized spacial score (nSPS) is 23.3. The van der Waals surface area contributed by atoms with Crippen LogP contribution < -0.4 is 10.1 Å². The molecule has 4 rings (SSSR count). The number of carbonyl (C=O) groups is 3. The van der Waals surface area contributed by atoms with Gasteiger partial charge in [0.05, 0.1) is 25.2 Å². The third-order valence-electron chi connectivity index (χ3n) is 5.71. The van der Waals surface area contributed by atoms with Crippen LogP contribution >= 0.6 is 11.6 Å². The number of halogens is 1. The summed E-state index contributed by atoms with van der Waals surface area (Å²) in [4.78, 5) is 39.8. The number of hydrogen-bond acceptors (Lipinski definition) is 7. The second-order valence-corrected chi connectivity index (χ2v) is 7.82. The summed E-state index contributed by atoms with van der Waals surface area (Å²) in [6, 6.07) is 13.1. The Balaban J connectivity index is 1.96. The van der Waals surface area contributed by atoms with Gasteiger partial charge in [0.15, 0.2) is 0 Å². The molecule has 7 nitrogen and oxygen atoms in total. The monoisotopic (exact) mass is 443 g/mol. The molecule has 1 saturated heterocycles. The molecule has 2 heterocycles. The van der Waals surface area contributed by atoms with Gasteiger partial charge in [0.2, 0.25) is 5.54 Å². The first kappa shape index (κ1) is 21.3. The molecule has 1 fully saturated rings. The van der Waals surface area contributed by atoms with Crippen molar-refractivity contribution < 1.29 is 28.6 Å². The van der Waals surface area contributed by atoms with Crippen LogP contribution in [0.2, 0.25) is 5.02 Å². The van der Waals surface area contributed by atoms with Crippen LogP contribution in [0.3, 0.4) is 0 Å². The first-order chi connectivity index (χ1) is 14.9. The molecule has 3 atom stereocenters. The van der Waals surface area contributed by atoms with E-state index in [9.17, 15) is 14.4 Å². The zero-order chi connectivity index (χ0) is 22.2. The number of fused-ring (bicyclic) bond motifs is 3. The number of rotatable bonds is 5. The van der Waals surface area contributed by atoms with Gasteiger partial charge in [-0.1, -0.05) is 41.9 Å². The summed E-state index contributed by atoms with van der Waals surface area (Å²) in [6.07, 6.45) is 0. The highest BCUT2D eigenvalue weighted by Gasteiger charge is 2.68. The smallest absolute Gasteiger partial charge is 0.338 e. The van der Waals surface area contributed by atoms with Crippen molar-refractivity contribution in [3.63, 3.8) is 0 Å². The summed E-state index contributed by atoms with van der Waals surface area (Å²) in [7, 11) is 0. The van der Waals surface area contributed by atoms with Gasteiger partial charge in [-0.3, -0.25) is 10.1 Å².